The van der Waals surface area contributed by atoms with E-state index in [1.807, 2.05) is 48.5 Å². The number of nitrogens with one attached hydrogen (secondary N) is 1. The summed E-state index contributed by atoms with van der Waals surface area (Å²) >= 11 is 0. The number of benzene rings is 2. The number of para-hydroxylation sites is 1. The highest BCUT2D eigenvalue weighted by Gasteiger charge is 2.14. The molecule has 2 aromatic carbocycles. The molecule has 0 fully saturated rings. The Kier molecular flexibility index (Phi) is 4.61. The molecule has 25 heavy (non-hydrogen) atoms. The fraction of sp³-hybridized carbons (Fsp3) is 0.105. The number of carboxylic acid groups (broad SMARTS) is 1. The summed E-state index contributed by atoms with van der Waals surface area (Å²) in [7, 11) is 0. The Balaban J connectivity index is 1.88. The number of carboxylic acids is 1. The minimum Gasteiger partial charge on any atom is -0.480 e. The summed E-state index contributed by atoms with van der Waals surface area (Å²) in [5.74, 6) is -0.208. The van der Waals surface area contributed by atoms with Crippen molar-refractivity contribution in [2.45, 2.75) is 6.92 Å². The molecular weight excluding hydrogens is 320 g/mol. The van der Waals surface area contributed by atoms with Crippen LogP contribution in [-0.4, -0.2) is 28.5 Å². The van der Waals surface area contributed by atoms with Crippen LogP contribution in [0, 0.1) is 6.92 Å². The fourth-order valence-electron chi connectivity index (χ4n) is 2.50. The first-order valence-corrected chi connectivity index (χ1v) is 7.67. The first-order valence-electron chi connectivity index (χ1n) is 7.67. The van der Waals surface area contributed by atoms with Gasteiger partial charge in [-0.25, -0.2) is 0 Å². The lowest BCUT2D eigenvalue weighted by Crippen LogP contribution is -2.30. The zero-order valence-corrected chi connectivity index (χ0v) is 13.5. The Labute approximate surface area is 144 Å². The zero-order chi connectivity index (χ0) is 17.8. The molecule has 0 bridgehead atoms. The number of hydrogen-bond donors (Lipinski definition) is 2. The predicted molar refractivity (Wildman–Crippen MR) is 93.0 cm³/mol. The second-order valence-corrected chi connectivity index (χ2v) is 5.47. The van der Waals surface area contributed by atoms with Crippen LogP contribution in [0.3, 0.4) is 0 Å². The van der Waals surface area contributed by atoms with Gasteiger partial charge in [0.05, 0.1) is 0 Å². The monoisotopic (exact) mass is 336 g/mol. The zero-order valence-electron chi connectivity index (χ0n) is 13.5. The van der Waals surface area contributed by atoms with Crippen molar-refractivity contribution >= 4 is 22.6 Å². The minimum absolute atomic E-state index is 0.213. The summed E-state index contributed by atoms with van der Waals surface area (Å²) in [6.07, 6.45) is 1.58. The minimum atomic E-state index is -1.10. The molecule has 126 valence electrons. The highest BCUT2D eigenvalue weighted by atomic mass is 16.5. The number of carbonyl (C=O) groups excluding carboxylic acids is 1. The van der Waals surface area contributed by atoms with Crippen LogP contribution in [0.1, 0.15) is 16.1 Å². The molecule has 1 aromatic heterocycles. The summed E-state index contributed by atoms with van der Waals surface area (Å²) in [6.45, 7) is 1.34. The third-order valence-corrected chi connectivity index (χ3v) is 3.71. The summed E-state index contributed by atoms with van der Waals surface area (Å²) in [6, 6.07) is 15.0. The Bertz CT molecular complexity index is 939. The molecule has 6 nitrogen and oxygen atoms in total. The van der Waals surface area contributed by atoms with Gasteiger partial charge in [-0.3, -0.25) is 14.6 Å². The predicted octanol–water partition coefficient (Wildman–Crippen LogP) is 3.15. The van der Waals surface area contributed by atoms with Gasteiger partial charge >= 0.3 is 5.97 Å². The lowest BCUT2D eigenvalue weighted by Gasteiger charge is -2.10. The van der Waals surface area contributed by atoms with Crippen molar-refractivity contribution in [1.29, 1.82) is 0 Å². The quantitative estimate of drug-likeness (QED) is 0.747. The number of amides is 1. The third kappa shape index (κ3) is 3.74. The summed E-state index contributed by atoms with van der Waals surface area (Å²) in [5, 5.41) is 12.7. The standard InChI is InChI=1S/C19H16N2O4/c1-12-16-8-7-15(25-14-5-3-2-4-6-14)9-13(16)10-20-18(12)19(24)21-11-17(22)23/h2-10H,11H2,1H3,(H,21,24)(H,22,23). The molecule has 2 N–H and O–H groups in total. The van der Waals surface area contributed by atoms with E-state index in [4.69, 9.17) is 9.84 Å². The van der Waals surface area contributed by atoms with Gasteiger partial charge in [0.2, 0.25) is 0 Å². The van der Waals surface area contributed by atoms with E-state index >= 15 is 0 Å². The number of fused-ring (bicyclic) bond motifs is 1. The maximum absolute atomic E-state index is 12.1. The molecule has 1 amide bonds. The molecule has 3 rings (SSSR count). The van der Waals surface area contributed by atoms with Gasteiger partial charge in [-0.2, -0.15) is 0 Å². The van der Waals surface area contributed by atoms with Crippen molar-refractivity contribution in [3.05, 3.63) is 66.0 Å². The second-order valence-electron chi connectivity index (χ2n) is 5.47. The molecule has 6 heteroatoms. The van der Waals surface area contributed by atoms with E-state index in [-0.39, 0.29) is 5.69 Å². The normalized spacial score (nSPS) is 10.4. The van der Waals surface area contributed by atoms with E-state index in [1.54, 1.807) is 13.1 Å². The lowest BCUT2D eigenvalue weighted by atomic mass is 10.0. The van der Waals surface area contributed by atoms with Crippen molar-refractivity contribution in [3.63, 3.8) is 0 Å². The number of carbonyl (C=O) groups is 2. The molecule has 0 radical (unpaired) electrons. The van der Waals surface area contributed by atoms with Crippen LogP contribution in [0.2, 0.25) is 0 Å². The van der Waals surface area contributed by atoms with Crippen molar-refractivity contribution in [2.75, 3.05) is 6.54 Å². The number of hydrogen-bond acceptors (Lipinski definition) is 4. The van der Waals surface area contributed by atoms with Crippen LogP contribution >= 0.6 is 0 Å². The number of ether oxygens (including phenoxy) is 1. The topological polar surface area (TPSA) is 88.5 Å². The molecule has 0 unspecified atom stereocenters. The van der Waals surface area contributed by atoms with Gasteiger partial charge in [-0.1, -0.05) is 24.3 Å². The van der Waals surface area contributed by atoms with Gasteiger partial charge in [-0.15, -0.1) is 0 Å². The molecule has 0 saturated carbocycles. The maximum Gasteiger partial charge on any atom is 0.322 e. The molecule has 0 aliphatic heterocycles. The van der Waals surface area contributed by atoms with Gasteiger partial charge in [0.1, 0.15) is 23.7 Å². The second kappa shape index (κ2) is 7.00. The number of pyridine rings is 1. The van der Waals surface area contributed by atoms with Crippen molar-refractivity contribution in [2.24, 2.45) is 0 Å². The number of nitrogens with zero attached hydrogens (tertiary/aromatic N) is 1. The molecular formula is C19H16N2O4. The average molecular weight is 336 g/mol. The fourth-order valence-corrected chi connectivity index (χ4v) is 2.50. The molecule has 1 heterocycles. The van der Waals surface area contributed by atoms with Gasteiger partial charge in [0.15, 0.2) is 0 Å². The molecule has 0 atom stereocenters. The Morgan fingerprint density at radius 1 is 1.12 bits per heavy atom. The number of aromatic nitrogens is 1. The number of rotatable bonds is 5. The Morgan fingerprint density at radius 2 is 1.88 bits per heavy atom. The Morgan fingerprint density at radius 3 is 2.60 bits per heavy atom. The Hall–Kier alpha value is -3.41. The van der Waals surface area contributed by atoms with Crippen LogP contribution < -0.4 is 10.1 Å². The average Bonchev–Trinajstić information content (AvgIpc) is 2.61. The van der Waals surface area contributed by atoms with Crippen LogP contribution in [0.15, 0.2) is 54.7 Å². The van der Waals surface area contributed by atoms with Gasteiger partial charge in [0, 0.05) is 11.6 Å². The molecule has 3 aromatic rings. The van der Waals surface area contributed by atoms with E-state index in [2.05, 4.69) is 10.3 Å². The van der Waals surface area contributed by atoms with E-state index in [0.717, 1.165) is 16.5 Å². The van der Waals surface area contributed by atoms with Crippen LogP contribution in [0.4, 0.5) is 0 Å². The van der Waals surface area contributed by atoms with Gasteiger partial charge < -0.3 is 15.2 Å². The van der Waals surface area contributed by atoms with E-state index < -0.39 is 18.4 Å². The SMILES string of the molecule is Cc1c(C(=O)NCC(=O)O)ncc2cc(Oc3ccccc3)ccc12. The summed E-state index contributed by atoms with van der Waals surface area (Å²) in [5.41, 5.74) is 0.900. The molecule has 0 saturated heterocycles. The van der Waals surface area contributed by atoms with E-state index in [0.29, 0.717) is 11.3 Å². The first kappa shape index (κ1) is 16.4. The van der Waals surface area contributed by atoms with E-state index in [1.165, 1.54) is 0 Å². The molecule has 0 spiro atoms. The van der Waals surface area contributed by atoms with Gasteiger partial charge in [-0.05, 0) is 42.1 Å². The third-order valence-electron chi connectivity index (χ3n) is 3.71. The van der Waals surface area contributed by atoms with Crippen LogP contribution in [0.25, 0.3) is 10.8 Å². The number of aliphatic carboxylic acids is 1. The smallest absolute Gasteiger partial charge is 0.322 e. The molecule has 0 aliphatic rings. The highest BCUT2D eigenvalue weighted by Crippen LogP contribution is 2.27. The first-order chi connectivity index (χ1) is 12.0. The lowest BCUT2D eigenvalue weighted by molar-refractivity contribution is -0.135. The van der Waals surface area contributed by atoms with E-state index in [9.17, 15) is 9.59 Å². The van der Waals surface area contributed by atoms with Crippen LogP contribution in [-0.2, 0) is 4.79 Å². The van der Waals surface area contributed by atoms with Gasteiger partial charge in [0.25, 0.3) is 5.91 Å². The number of aryl methyl sites for hydroxylation is 1. The molecule has 0 aliphatic carbocycles. The maximum atomic E-state index is 12.1. The van der Waals surface area contributed by atoms with Crippen LogP contribution in [0.5, 0.6) is 11.5 Å². The summed E-state index contributed by atoms with van der Waals surface area (Å²) < 4.78 is 5.80. The van der Waals surface area contributed by atoms with Crippen molar-refractivity contribution < 1.29 is 19.4 Å². The van der Waals surface area contributed by atoms with Crippen molar-refractivity contribution in [1.82, 2.24) is 10.3 Å². The largest absolute Gasteiger partial charge is 0.480 e. The van der Waals surface area contributed by atoms with Crippen molar-refractivity contribution in [3.8, 4) is 11.5 Å². The summed E-state index contributed by atoms with van der Waals surface area (Å²) in [4.78, 5) is 26.8. The highest BCUT2D eigenvalue weighted by molar-refractivity contribution is 6.00.